The second kappa shape index (κ2) is 7.67. The maximum Gasteiger partial charge on any atom is 0.387 e. The number of ether oxygens (including phenoxy) is 1. The van der Waals surface area contributed by atoms with Crippen LogP contribution in [0.4, 0.5) is 14.5 Å². The van der Waals surface area contributed by atoms with Gasteiger partial charge in [0.15, 0.2) is 0 Å². The van der Waals surface area contributed by atoms with Gasteiger partial charge in [-0.25, -0.2) is 0 Å². The molecule has 1 N–H and O–H groups in total. The zero-order valence-corrected chi connectivity index (χ0v) is 13.4. The van der Waals surface area contributed by atoms with Crippen molar-refractivity contribution in [3.05, 3.63) is 24.3 Å². The van der Waals surface area contributed by atoms with Crippen LogP contribution in [-0.2, 0) is 4.79 Å². The van der Waals surface area contributed by atoms with Gasteiger partial charge in [0.1, 0.15) is 5.75 Å². The Hall–Kier alpha value is -1.50. The van der Waals surface area contributed by atoms with E-state index >= 15 is 0 Å². The fourth-order valence-electron chi connectivity index (χ4n) is 2.44. The number of carbonyl (C=O) groups is 1. The normalized spacial score (nSPS) is 19.3. The van der Waals surface area contributed by atoms with Crippen molar-refractivity contribution in [1.29, 1.82) is 0 Å². The SMILES string of the molecule is CSC(C)C(=O)NC1CCN(c2ccccc2OC(F)F)C1. The van der Waals surface area contributed by atoms with E-state index in [4.69, 9.17) is 0 Å². The van der Waals surface area contributed by atoms with Crippen molar-refractivity contribution in [2.24, 2.45) is 0 Å². The quantitative estimate of drug-likeness (QED) is 0.871. The first kappa shape index (κ1) is 16.9. The molecule has 0 radical (unpaired) electrons. The van der Waals surface area contributed by atoms with Gasteiger partial charge in [0.05, 0.1) is 10.9 Å². The molecule has 2 rings (SSSR count). The largest absolute Gasteiger partial charge is 0.433 e. The van der Waals surface area contributed by atoms with Crippen LogP contribution in [0.2, 0.25) is 0 Å². The van der Waals surface area contributed by atoms with Crippen LogP contribution in [0.25, 0.3) is 0 Å². The van der Waals surface area contributed by atoms with E-state index in [0.29, 0.717) is 18.8 Å². The lowest BCUT2D eigenvalue weighted by atomic mass is 10.2. The molecule has 1 amide bonds. The number of benzene rings is 1. The molecule has 1 aliphatic heterocycles. The van der Waals surface area contributed by atoms with Gasteiger partial charge >= 0.3 is 6.61 Å². The third kappa shape index (κ3) is 4.25. The summed E-state index contributed by atoms with van der Waals surface area (Å²) in [7, 11) is 0. The number of halogens is 2. The van der Waals surface area contributed by atoms with Crippen LogP contribution in [0.3, 0.4) is 0 Å². The zero-order valence-electron chi connectivity index (χ0n) is 12.6. The van der Waals surface area contributed by atoms with E-state index in [9.17, 15) is 13.6 Å². The van der Waals surface area contributed by atoms with Gasteiger partial charge in [-0.1, -0.05) is 12.1 Å². The molecule has 1 aliphatic rings. The van der Waals surface area contributed by atoms with Crippen molar-refractivity contribution in [1.82, 2.24) is 5.32 Å². The summed E-state index contributed by atoms with van der Waals surface area (Å²) in [5, 5.41) is 2.91. The van der Waals surface area contributed by atoms with Crippen molar-refractivity contribution < 1.29 is 18.3 Å². The fraction of sp³-hybridized carbons (Fsp3) is 0.533. The maximum absolute atomic E-state index is 12.5. The van der Waals surface area contributed by atoms with Gasteiger partial charge in [0.2, 0.25) is 5.91 Å². The summed E-state index contributed by atoms with van der Waals surface area (Å²) >= 11 is 1.49. The van der Waals surface area contributed by atoms with Crippen LogP contribution < -0.4 is 15.0 Å². The average molecular weight is 330 g/mol. The van der Waals surface area contributed by atoms with E-state index in [1.54, 1.807) is 18.2 Å². The Bertz CT molecular complexity index is 516. The predicted octanol–water partition coefficient (Wildman–Crippen LogP) is 2.73. The molecule has 2 atom stereocenters. The number of nitrogens with zero attached hydrogens (tertiary/aromatic N) is 1. The van der Waals surface area contributed by atoms with Gasteiger partial charge in [-0.3, -0.25) is 4.79 Å². The molecule has 0 aromatic heterocycles. The van der Waals surface area contributed by atoms with E-state index in [2.05, 4.69) is 10.1 Å². The minimum absolute atomic E-state index is 0.0106. The first-order valence-corrected chi connectivity index (χ1v) is 8.42. The van der Waals surface area contributed by atoms with Gasteiger partial charge in [-0.2, -0.15) is 20.5 Å². The van der Waals surface area contributed by atoms with Crippen LogP contribution in [0, 0.1) is 0 Å². The van der Waals surface area contributed by atoms with E-state index in [1.165, 1.54) is 17.8 Å². The highest BCUT2D eigenvalue weighted by atomic mass is 32.2. The molecular weight excluding hydrogens is 310 g/mol. The van der Waals surface area contributed by atoms with Crippen LogP contribution in [0.15, 0.2) is 24.3 Å². The Kier molecular flexibility index (Phi) is 5.88. The number of hydrogen-bond donors (Lipinski definition) is 1. The molecule has 1 heterocycles. The van der Waals surface area contributed by atoms with E-state index < -0.39 is 6.61 Å². The third-order valence-electron chi connectivity index (χ3n) is 3.68. The molecule has 7 heteroatoms. The molecule has 1 aromatic carbocycles. The van der Waals surface area contributed by atoms with Crippen LogP contribution >= 0.6 is 11.8 Å². The van der Waals surface area contributed by atoms with E-state index in [0.717, 1.165) is 6.42 Å². The molecule has 1 aromatic rings. The summed E-state index contributed by atoms with van der Waals surface area (Å²) in [6.45, 7) is 0.304. The summed E-state index contributed by atoms with van der Waals surface area (Å²) in [4.78, 5) is 13.9. The lowest BCUT2D eigenvalue weighted by molar-refractivity contribution is -0.120. The predicted molar refractivity (Wildman–Crippen MR) is 84.8 cm³/mol. The first-order chi connectivity index (χ1) is 10.5. The molecule has 0 bridgehead atoms. The second-order valence-corrected chi connectivity index (χ2v) is 6.34. The molecule has 1 fully saturated rings. The highest BCUT2D eigenvalue weighted by molar-refractivity contribution is 7.99. The first-order valence-electron chi connectivity index (χ1n) is 7.13. The van der Waals surface area contributed by atoms with Crippen molar-refractivity contribution in [3.63, 3.8) is 0 Å². The van der Waals surface area contributed by atoms with Crippen molar-refractivity contribution in [3.8, 4) is 5.75 Å². The third-order valence-corrected chi connectivity index (χ3v) is 4.60. The Morgan fingerprint density at radius 1 is 1.45 bits per heavy atom. The van der Waals surface area contributed by atoms with Crippen molar-refractivity contribution >= 4 is 23.4 Å². The number of alkyl halides is 2. The van der Waals surface area contributed by atoms with Crippen LogP contribution in [0.1, 0.15) is 13.3 Å². The number of carbonyl (C=O) groups excluding carboxylic acids is 1. The maximum atomic E-state index is 12.5. The number of rotatable bonds is 6. The van der Waals surface area contributed by atoms with Crippen LogP contribution in [0.5, 0.6) is 5.75 Å². The Morgan fingerprint density at radius 2 is 2.18 bits per heavy atom. The fourth-order valence-corrected chi connectivity index (χ4v) is 2.72. The summed E-state index contributed by atoms with van der Waals surface area (Å²) in [6.07, 6.45) is 2.68. The molecule has 4 nitrogen and oxygen atoms in total. The summed E-state index contributed by atoms with van der Waals surface area (Å²) < 4.78 is 29.5. The van der Waals surface area contributed by atoms with E-state index in [1.807, 2.05) is 18.1 Å². The number of nitrogens with one attached hydrogen (secondary N) is 1. The molecule has 0 spiro atoms. The van der Waals surface area contributed by atoms with Gasteiger partial charge in [0.25, 0.3) is 0 Å². The zero-order chi connectivity index (χ0) is 16.1. The minimum atomic E-state index is -2.85. The van der Waals surface area contributed by atoms with Crippen molar-refractivity contribution in [2.45, 2.75) is 31.2 Å². The number of para-hydroxylation sites is 2. The lowest BCUT2D eigenvalue weighted by Gasteiger charge is -2.22. The molecule has 2 unspecified atom stereocenters. The van der Waals surface area contributed by atoms with Crippen molar-refractivity contribution in [2.75, 3.05) is 24.2 Å². The summed E-state index contributed by atoms with van der Waals surface area (Å²) in [5.41, 5.74) is 0.637. The minimum Gasteiger partial charge on any atom is -0.433 e. The summed E-state index contributed by atoms with van der Waals surface area (Å²) in [6, 6.07) is 6.77. The number of thioether (sulfide) groups is 1. The van der Waals surface area contributed by atoms with Gasteiger partial charge in [-0.05, 0) is 31.7 Å². The summed E-state index contributed by atoms with van der Waals surface area (Å²) in [5.74, 6) is 0.179. The standard InChI is InChI=1S/C15H20F2N2O2S/c1-10(22-2)14(20)18-11-7-8-19(9-11)12-5-3-4-6-13(12)21-15(16)17/h3-6,10-11,15H,7-9H2,1-2H3,(H,18,20). The monoisotopic (exact) mass is 330 g/mol. The molecule has 122 valence electrons. The number of hydrogen-bond acceptors (Lipinski definition) is 4. The Morgan fingerprint density at radius 3 is 2.86 bits per heavy atom. The smallest absolute Gasteiger partial charge is 0.387 e. The average Bonchev–Trinajstić information content (AvgIpc) is 2.94. The molecular formula is C15H20F2N2O2S. The number of amides is 1. The molecule has 0 saturated carbocycles. The van der Waals surface area contributed by atoms with Gasteiger partial charge < -0.3 is 15.0 Å². The van der Waals surface area contributed by atoms with E-state index in [-0.39, 0.29) is 22.9 Å². The molecule has 0 aliphatic carbocycles. The van der Waals surface area contributed by atoms with Gasteiger partial charge in [0, 0.05) is 19.1 Å². The molecule has 22 heavy (non-hydrogen) atoms. The lowest BCUT2D eigenvalue weighted by Crippen LogP contribution is -2.40. The second-order valence-electron chi connectivity index (χ2n) is 5.16. The van der Waals surface area contributed by atoms with Crippen LogP contribution in [-0.4, -0.2) is 43.2 Å². The molecule has 1 saturated heterocycles. The highest BCUT2D eigenvalue weighted by Crippen LogP contribution is 2.31. The Labute approximate surface area is 133 Å². The van der Waals surface area contributed by atoms with Gasteiger partial charge in [-0.15, -0.1) is 0 Å². The highest BCUT2D eigenvalue weighted by Gasteiger charge is 2.27. The number of anilines is 1. The topological polar surface area (TPSA) is 41.6 Å². The Balaban J connectivity index is 2.00.